The van der Waals surface area contributed by atoms with Gasteiger partial charge in [0.1, 0.15) is 5.75 Å². The highest BCUT2D eigenvalue weighted by molar-refractivity contribution is 6.16. The number of nitrogens with zero attached hydrogens (tertiary/aromatic N) is 3. The van der Waals surface area contributed by atoms with Gasteiger partial charge in [-0.1, -0.05) is 12.1 Å². The Morgan fingerprint density at radius 2 is 1.94 bits per heavy atom. The van der Waals surface area contributed by atoms with Crippen LogP contribution in [0, 0.1) is 0 Å². The predicted molar refractivity (Wildman–Crippen MR) is 72.6 cm³/mol. The van der Waals surface area contributed by atoms with Crippen molar-refractivity contribution in [3.05, 3.63) is 42.1 Å². The number of alkyl halides is 1. The number of hydrogen-bond donors (Lipinski definition) is 0. The molecule has 0 radical (unpaired) electrons. The lowest BCUT2D eigenvalue weighted by Gasteiger charge is -2.20. The number of aromatic nitrogens is 2. The Kier molecular flexibility index (Phi) is 3.99. The van der Waals surface area contributed by atoms with Crippen molar-refractivity contribution in [2.75, 3.05) is 19.1 Å². The number of ether oxygens (including phenoxy) is 1. The largest absolute Gasteiger partial charge is 0.495 e. The fourth-order valence-corrected chi connectivity index (χ4v) is 1.78. The lowest BCUT2D eigenvalue weighted by Crippen LogP contribution is -2.13. The molecular weight excluding hydrogens is 250 g/mol. The summed E-state index contributed by atoms with van der Waals surface area (Å²) < 4.78 is 5.32. The van der Waals surface area contributed by atoms with Gasteiger partial charge in [0.15, 0.2) is 5.82 Å². The highest BCUT2D eigenvalue weighted by Crippen LogP contribution is 2.30. The van der Waals surface area contributed by atoms with Crippen molar-refractivity contribution in [3.8, 4) is 5.75 Å². The Bertz CT molecular complexity index is 516. The van der Waals surface area contributed by atoms with E-state index in [4.69, 9.17) is 16.3 Å². The van der Waals surface area contributed by atoms with Gasteiger partial charge in [0, 0.05) is 7.05 Å². The van der Waals surface area contributed by atoms with Gasteiger partial charge in [0.25, 0.3) is 0 Å². The van der Waals surface area contributed by atoms with E-state index in [1.165, 1.54) is 0 Å². The molecule has 0 spiro atoms. The van der Waals surface area contributed by atoms with Crippen LogP contribution in [0.5, 0.6) is 5.75 Å². The third-order valence-corrected chi connectivity index (χ3v) is 2.91. The van der Waals surface area contributed by atoms with Crippen LogP contribution >= 0.6 is 11.6 Å². The summed E-state index contributed by atoms with van der Waals surface area (Å²) in [6.45, 7) is 0. The summed E-state index contributed by atoms with van der Waals surface area (Å²) in [5, 5.41) is 8.17. The minimum atomic E-state index is 0.367. The molecule has 0 atom stereocenters. The molecule has 1 heterocycles. The Balaban J connectivity index is 2.31. The second-order valence-corrected chi connectivity index (χ2v) is 4.01. The normalized spacial score (nSPS) is 10.2. The molecule has 0 bridgehead atoms. The van der Waals surface area contributed by atoms with Crippen LogP contribution in [-0.4, -0.2) is 24.4 Å². The third kappa shape index (κ3) is 2.54. The molecule has 0 aliphatic rings. The minimum absolute atomic E-state index is 0.367. The molecule has 0 saturated carbocycles. The van der Waals surface area contributed by atoms with Crippen LogP contribution in [0.1, 0.15) is 5.69 Å². The van der Waals surface area contributed by atoms with Gasteiger partial charge in [-0.25, -0.2) is 0 Å². The molecule has 0 aliphatic carbocycles. The topological polar surface area (TPSA) is 38.2 Å². The van der Waals surface area contributed by atoms with Crippen molar-refractivity contribution in [3.63, 3.8) is 0 Å². The van der Waals surface area contributed by atoms with Gasteiger partial charge in [-0.2, -0.15) is 5.10 Å². The molecule has 1 aromatic carbocycles. The Morgan fingerprint density at radius 3 is 2.56 bits per heavy atom. The van der Waals surface area contributed by atoms with Crippen LogP contribution in [-0.2, 0) is 5.88 Å². The van der Waals surface area contributed by atoms with Gasteiger partial charge >= 0.3 is 0 Å². The van der Waals surface area contributed by atoms with E-state index in [-0.39, 0.29) is 0 Å². The summed E-state index contributed by atoms with van der Waals surface area (Å²) in [4.78, 5) is 1.92. The van der Waals surface area contributed by atoms with Crippen LogP contribution < -0.4 is 9.64 Å². The maximum atomic E-state index is 5.69. The van der Waals surface area contributed by atoms with Crippen LogP contribution in [0.3, 0.4) is 0 Å². The van der Waals surface area contributed by atoms with E-state index in [9.17, 15) is 0 Å². The van der Waals surface area contributed by atoms with E-state index in [1.54, 1.807) is 7.11 Å². The van der Waals surface area contributed by atoms with Crippen molar-refractivity contribution in [2.45, 2.75) is 5.88 Å². The first-order valence-corrected chi connectivity index (χ1v) is 6.05. The minimum Gasteiger partial charge on any atom is -0.495 e. The molecule has 18 heavy (non-hydrogen) atoms. The first-order valence-electron chi connectivity index (χ1n) is 5.51. The van der Waals surface area contributed by atoms with Crippen LogP contribution in [0.25, 0.3) is 0 Å². The zero-order chi connectivity index (χ0) is 13.0. The first kappa shape index (κ1) is 12.6. The summed E-state index contributed by atoms with van der Waals surface area (Å²) >= 11 is 5.69. The van der Waals surface area contributed by atoms with Gasteiger partial charge in [-0.3, -0.25) is 0 Å². The summed E-state index contributed by atoms with van der Waals surface area (Å²) in [6.07, 6.45) is 0. The van der Waals surface area contributed by atoms with Gasteiger partial charge in [0.2, 0.25) is 0 Å². The molecule has 2 aromatic rings. The van der Waals surface area contributed by atoms with E-state index >= 15 is 0 Å². The first-order chi connectivity index (χ1) is 8.76. The fourth-order valence-electron chi connectivity index (χ4n) is 1.63. The molecule has 94 valence electrons. The van der Waals surface area contributed by atoms with Crippen LogP contribution in [0.15, 0.2) is 36.4 Å². The van der Waals surface area contributed by atoms with E-state index in [0.29, 0.717) is 5.88 Å². The van der Waals surface area contributed by atoms with Gasteiger partial charge in [0.05, 0.1) is 24.4 Å². The number of hydrogen-bond acceptors (Lipinski definition) is 4. The third-order valence-electron chi connectivity index (χ3n) is 2.63. The quantitative estimate of drug-likeness (QED) is 0.795. The average molecular weight is 264 g/mol. The monoisotopic (exact) mass is 263 g/mol. The van der Waals surface area contributed by atoms with E-state index < -0.39 is 0 Å². The van der Waals surface area contributed by atoms with Gasteiger partial charge in [-0.05, 0) is 24.3 Å². The lowest BCUT2D eigenvalue weighted by atomic mass is 10.2. The van der Waals surface area contributed by atoms with Crippen molar-refractivity contribution in [2.24, 2.45) is 0 Å². The Hall–Kier alpha value is -1.81. The Morgan fingerprint density at radius 1 is 1.17 bits per heavy atom. The molecule has 5 heteroatoms. The van der Waals surface area contributed by atoms with Gasteiger partial charge in [-0.15, -0.1) is 16.7 Å². The zero-order valence-electron chi connectivity index (χ0n) is 10.3. The van der Waals surface area contributed by atoms with Crippen LogP contribution in [0.4, 0.5) is 11.5 Å². The summed E-state index contributed by atoms with van der Waals surface area (Å²) in [7, 11) is 3.57. The summed E-state index contributed by atoms with van der Waals surface area (Å²) in [5.41, 5.74) is 1.70. The SMILES string of the molecule is COc1ccccc1N(C)c1ccc(CCl)nn1. The van der Waals surface area contributed by atoms with Gasteiger partial charge < -0.3 is 9.64 Å². The molecule has 0 N–H and O–H groups in total. The van der Waals surface area contributed by atoms with E-state index in [0.717, 1.165) is 22.9 Å². The number of benzene rings is 1. The zero-order valence-corrected chi connectivity index (χ0v) is 11.1. The second-order valence-electron chi connectivity index (χ2n) is 3.75. The van der Waals surface area contributed by atoms with Crippen molar-refractivity contribution in [1.29, 1.82) is 0 Å². The molecule has 0 amide bonds. The smallest absolute Gasteiger partial charge is 0.155 e. The highest BCUT2D eigenvalue weighted by Gasteiger charge is 2.10. The summed E-state index contributed by atoms with van der Waals surface area (Å²) in [6, 6.07) is 11.5. The molecular formula is C13H14ClN3O. The fraction of sp³-hybridized carbons (Fsp3) is 0.231. The standard InChI is InChI=1S/C13H14ClN3O/c1-17(11-5-3-4-6-12(11)18-2)13-8-7-10(9-14)15-16-13/h3-8H,9H2,1-2H3. The van der Waals surface area contributed by atoms with Crippen molar-refractivity contribution in [1.82, 2.24) is 10.2 Å². The number of methoxy groups -OCH3 is 1. The van der Waals surface area contributed by atoms with Crippen LogP contribution in [0.2, 0.25) is 0 Å². The summed E-state index contributed by atoms with van der Waals surface area (Å²) in [5.74, 6) is 1.91. The maximum Gasteiger partial charge on any atom is 0.155 e. The molecule has 1 aromatic heterocycles. The van der Waals surface area contributed by atoms with Crippen molar-refractivity contribution >= 4 is 23.1 Å². The number of rotatable bonds is 4. The molecule has 0 unspecified atom stereocenters. The van der Waals surface area contributed by atoms with Crippen molar-refractivity contribution < 1.29 is 4.74 Å². The number of halogens is 1. The van der Waals surface area contributed by atoms with E-state index in [1.807, 2.05) is 48.3 Å². The van der Waals surface area contributed by atoms with E-state index in [2.05, 4.69) is 10.2 Å². The average Bonchev–Trinajstić information content (AvgIpc) is 2.46. The molecule has 0 fully saturated rings. The second kappa shape index (κ2) is 5.69. The Labute approximate surface area is 111 Å². The predicted octanol–water partition coefficient (Wildman–Crippen LogP) is 2.99. The number of para-hydroxylation sites is 2. The molecule has 0 saturated heterocycles. The number of anilines is 2. The molecule has 2 rings (SSSR count). The molecule has 4 nitrogen and oxygen atoms in total. The molecule has 0 aliphatic heterocycles. The maximum absolute atomic E-state index is 5.69. The highest BCUT2D eigenvalue weighted by atomic mass is 35.5. The lowest BCUT2D eigenvalue weighted by molar-refractivity contribution is 0.415.